The summed E-state index contributed by atoms with van der Waals surface area (Å²) in [6.07, 6.45) is 0.737. The lowest BCUT2D eigenvalue weighted by Crippen LogP contribution is -2.30. The molecule has 2 aromatic rings. The van der Waals surface area contributed by atoms with E-state index in [0.29, 0.717) is 18.8 Å². The SMILES string of the molecule is CCc1cccc(C)c1NC(=O)COC(=O)c1cc(S(=O)(=O)N(CC)CC)ccc1Cl. The lowest BCUT2D eigenvalue weighted by molar-refractivity contribution is -0.119. The zero-order valence-electron chi connectivity index (χ0n) is 18.1. The van der Waals surface area contributed by atoms with Crippen molar-refractivity contribution >= 4 is 39.2 Å². The molecule has 7 nitrogen and oxygen atoms in total. The van der Waals surface area contributed by atoms with E-state index in [9.17, 15) is 18.0 Å². The zero-order valence-corrected chi connectivity index (χ0v) is 19.6. The van der Waals surface area contributed by atoms with Gasteiger partial charge in [0.2, 0.25) is 10.0 Å². The highest BCUT2D eigenvalue weighted by atomic mass is 35.5. The summed E-state index contributed by atoms with van der Waals surface area (Å²) in [5, 5.41) is 2.80. The van der Waals surface area contributed by atoms with Gasteiger partial charge < -0.3 is 10.1 Å². The summed E-state index contributed by atoms with van der Waals surface area (Å²) in [7, 11) is -3.77. The van der Waals surface area contributed by atoms with Crippen molar-refractivity contribution in [3.05, 3.63) is 58.1 Å². The number of hydrogen-bond acceptors (Lipinski definition) is 5. The first kappa shape index (κ1) is 24.8. The number of halogens is 1. The van der Waals surface area contributed by atoms with Gasteiger partial charge in [-0.2, -0.15) is 4.31 Å². The molecule has 2 rings (SSSR count). The average Bonchev–Trinajstić information content (AvgIpc) is 2.74. The average molecular weight is 467 g/mol. The molecule has 0 aliphatic heterocycles. The van der Waals surface area contributed by atoms with Crippen LogP contribution in [0.1, 0.15) is 42.3 Å². The van der Waals surface area contributed by atoms with E-state index < -0.39 is 28.5 Å². The van der Waals surface area contributed by atoms with E-state index in [1.807, 2.05) is 32.0 Å². The van der Waals surface area contributed by atoms with Crippen molar-refractivity contribution in [2.45, 2.75) is 39.0 Å². The molecule has 0 saturated heterocycles. The molecule has 0 spiro atoms. The number of para-hydroxylation sites is 1. The number of ether oxygens (including phenoxy) is 1. The minimum atomic E-state index is -3.77. The fraction of sp³-hybridized carbons (Fsp3) is 0.364. The van der Waals surface area contributed by atoms with Crippen LogP contribution in [0.3, 0.4) is 0 Å². The van der Waals surface area contributed by atoms with Crippen molar-refractivity contribution in [1.29, 1.82) is 0 Å². The Morgan fingerprint density at radius 1 is 1.10 bits per heavy atom. The second kappa shape index (κ2) is 10.7. The standard InChI is InChI=1S/C22H27ClN2O5S/c1-5-16-10-8-9-15(4)21(16)24-20(26)14-30-22(27)18-13-17(11-12-19(18)23)31(28,29)25(6-2)7-3/h8-13H,5-7,14H2,1-4H3,(H,24,26). The predicted octanol–water partition coefficient (Wildman–Crippen LogP) is 4.04. The van der Waals surface area contributed by atoms with Crippen LogP contribution in [-0.2, 0) is 26.0 Å². The van der Waals surface area contributed by atoms with Crippen molar-refractivity contribution in [3.8, 4) is 0 Å². The van der Waals surface area contributed by atoms with Gasteiger partial charge >= 0.3 is 5.97 Å². The fourth-order valence-electron chi connectivity index (χ4n) is 3.12. The topological polar surface area (TPSA) is 92.8 Å². The Hall–Kier alpha value is -2.42. The number of anilines is 1. The number of aryl methyl sites for hydroxylation is 2. The smallest absolute Gasteiger partial charge is 0.340 e. The third-order valence-corrected chi connectivity index (χ3v) is 7.22. The molecule has 0 bridgehead atoms. The summed E-state index contributed by atoms with van der Waals surface area (Å²) in [6, 6.07) is 9.54. The molecule has 9 heteroatoms. The molecule has 0 fully saturated rings. The second-order valence-corrected chi connectivity index (χ2v) is 9.16. The number of carbonyl (C=O) groups is 2. The number of amides is 1. The van der Waals surface area contributed by atoms with Gasteiger partial charge in [-0.1, -0.05) is 50.6 Å². The first-order valence-corrected chi connectivity index (χ1v) is 11.8. The predicted molar refractivity (Wildman–Crippen MR) is 121 cm³/mol. The highest BCUT2D eigenvalue weighted by molar-refractivity contribution is 7.89. The molecule has 0 radical (unpaired) electrons. The zero-order chi connectivity index (χ0) is 23.2. The van der Waals surface area contributed by atoms with Gasteiger partial charge in [-0.25, -0.2) is 13.2 Å². The lowest BCUT2D eigenvalue weighted by atomic mass is 10.1. The van der Waals surface area contributed by atoms with Crippen LogP contribution in [0.25, 0.3) is 0 Å². The van der Waals surface area contributed by atoms with Crippen molar-refractivity contribution < 1.29 is 22.7 Å². The first-order valence-electron chi connectivity index (χ1n) is 10.0. The molecule has 31 heavy (non-hydrogen) atoms. The van der Waals surface area contributed by atoms with Crippen LogP contribution >= 0.6 is 11.6 Å². The monoisotopic (exact) mass is 466 g/mol. The minimum Gasteiger partial charge on any atom is -0.452 e. The first-order chi connectivity index (χ1) is 14.6. The van der Waals surface area contributed by atoms with Crippen molar-refractivity contribution in [2.75, 3.05) is 25.0 Å². The molecule has 1 N–H and O–H groups in total. The van der Waals surface area contributed by atoms with E-state index in [-0.39, 0.29) is 15.5 Å². The molecule has 0 aliphatic carbocycles. The summed E-state index contributed by atoms with van der Waals surface area (Å²) in [5.41, 5.74) is 2.44. The van der Waals surface area contributed by atoms with Gasteiger partial charge in [-0.05, 0) is 42.7 Å². The summed E-state index contributed by atoms with van der Waals surface area (Å²) in [6.45, 7) is 7.36. The van der Waals surface area contributed by atoms with E-state index in [1.54, 1.807) is 13.8 Å². The van der Waals surface area contributed by atoms with Crippen LogP contribution in [-0.4, -0.2) is 44.3 Å². The number of nitrogens with one attached hydrogen (secondary N) is 1. The Balaban J connectivity index is 2.15. The van der Waals surface area contributed by atoms with Gasteiger partial charge in [0.15, 0.2) is 6.61 Å². The summed E-state index contributed by atoms with van der Waals surface area (Å²) < 4.78 is 31.8. The van der Waals surface area contributed by atoms with Crippen LogP contribution in [0.5, 0.6) is 0 Å². The maximum atomic E-state index is 12.7. The summed E-state index contributed by atoms with van der Waals surface area (Å²) >= 11 is 6.08. The largest absolute Gasteiger partial charge is 0.452 e. The normalized spacial score (nSPS) is 11.4. The minimum absolute atomic E-state index is 0.0380. The Labute approximate surface area is 188 Å². The molecule has 0 heterocycles. The van der Waals surface area contributed by atoms with Gasteiger partial charge in [0.05, 0.1) is 15.5 Å². The molecule has 0 aromatic heterocycles. The lowest BCUT2D eigenvalue weighted by Gasteiger charge is -2.19. The highest BCUT2D eigenvalue weighted by Crippen LogP contribution is 2.24. The van der Waals surface area contributed by atoms with E-state index in [0.717, 1.165) is 17.5 Å². The number of sulfonamides is 1. The third kappa shape index (κ3) is 5.84. The molecule has 0 aliphatic rings. The molecular formula is C22H27ClN2O5S. The number of benzene rings is 2. The fourth-order valence-corrected chi connectivity index (χ4v) is 4.80. The van der Waals surface area contributed by atoms with Gasteiger partial charge in [0.25, 0.3) is 5.91 Å². The molecule has 0 atom stereocenters. The van der Waals surface area contributed by atoms with Crippen LogP contribution < -0.4 is 5.32 Å². The van der Waals surface area contributed by atoms with Gasteiger partial charge in [0.1, 0.15) is 0 Å². The Morgan fingerprint density at radius 2 is 1.77 bits per heavy atom. The van der Waals surface area contributed by atoms with Crippen molar-refractivity contribution in [1.82, 2.24) is 4.31 Å². The maximum absolute atomic E-state index is 12.7. The van der Waals surface area contributed by atoms with E-state index in [1.165, 1.54) is 22.5 Å². The summed E-state index contributed by atoms with van der Waals surface area (Å²) in [4.78, 5) is 24.8. The van der Waals surface area contributed by atoms with Crippen molar-refractivity contribution in [2.24, 2.45) is 0 Å². The van der Waals surface area contributed by atoms with Gasteiger partial charge in [-0.15, -0.1) is 0 Å². The number of hydrogen-bond donors (Lipinski definition) is 1. The Bertz CT molecular complexity index is 1070. The van der Waals surface area contributed by atoms with E-state index in [4.69, 9.17) is 16.3 Å². The molecule has 2 aromatic carbocycles. The van der Waals surface area contributed by atoms with Gasteiger partial charge in [0, 0.05) is 18.8 Å². The van der Waals surface area contributed by atoms with Crippen LogP contribution in [0.15, 0.2) is 41.3 Å². The van der Waals surface area contributed by atoms with Crippen LogP contribution in [0.2, 0.25) is 5.02 Å². The number of nitrogens with zero attached hydrogens (tertiary/aromatic N) is 1. The molecule has 0 unspecified atom stereocenters. The molecule has 1 amide bonds. The molecular weight excluding hydrogens is 440 g/mol. The molecule has 0 saturated carbocycles. The van der Waals surface area contributed by atoms with E-state index >= 15 is 0 Å². The highest BCUT2D eigenvalue weighted by Gasteiger charge is 2.24. The van der Waals surface area contributed by atoms with E-state index in [2.05, 4.69) is 5.32 Å². The number of esters is 1. The summed E-state index contributed by atoms with van der Waals surface area (Å²) in [5.74, 6) is -1.38. The number of carbonyl (C=O) groups excluding carboxylic acids is 2. The van der Waals surface area contributed by atoms with Crippen LogP contribution in [0, 0.1) is 6.92 Å². The quantitative estimate of drug-likeness (QED) is 0.563. The van der Waals surface area contributed by atoms with Crippen LogP contribution in [0.4, 0.5) is 5.69 Å². The maximum Gasteiger partial charge on any atom is 0.340 e. The third-order valence-electron chi connectivity index (χ3n) is 4.84. The Morgan fingerprint density at radius 3 is 2.39 bits per heavy atom. The van der Waals surface area contributed by atoms with Gasteiger partial charge in [-0.3, -0.25) is 4.79 Å². The Kier molecular flexibility index (Phi) is 8.61. The second-order valence-electron chi connectivity index (χ2n) is 6.82. The molecule has 168 valence electrons. The number of rotatable bonds is 9. The van der Waals surface area contributed by atoms with Crippen molar-refractivity contribution in [3.63, 3.8) is 0 Å².